The molecule has 1 spiro atoms. The number of fused-ring (bicyclic) bond motifs is 3. The second-order valence-corrected chi connectivity index (χ2v) is 33.3. The van der Waals surface area contributed by atoms with Crippen LogP contribution in [-0.4, -0.2) is 276 Å². The van der Waals surface area contributed by atoms with Crippen LogP contribution in [0.1, 0.15) is 196 Å². The van der Waals surface area contributed by atoms with E-state index in [0.29, 0.717) is 38.0 Å². The summed E-state index contributed by atoms with van der Waals surface area (Å²) in [5.41, 5.74) is -2.17. The normalized spacial score (nSPS) is 32.1. The van der Waals surface area contributed by atoms with Gasteiger partial charge in [-0.3, -0.25) is 57.5 Å². The first kappa shape index (κ1) is 85.7. The summed E-state index contributed by atoms with van der Waals surface area (Å²) in [7, 11) is 11.6. The molecular weight excluding hydrogens is 1380 g/mol. The van der Waals surface area contributed by atoms with E-state index in [1.165, 1.54) is 100 Å². The molecule has 3 aliphatic heterocycles. The van der Waals surface area contributed by atoms with Gasteiger partial charge in [0.15, 0.2) is 0 Å². The first-order valence-electron chi connectivity index (χ1n) is 38.6. The van der Waals surface area contributed by atoms with Gasteiger partial charge in [-0.2, -0.15) is 13.2 Å². The minimum absolute atomic E-state index is 0.00526. The predicted molar refractivity (Wildman–Crippen MR) is 390 cm³/mol. The van der Waals surface area contributed by atoms with Crippen LogP contribution in [0.15, 0.2) is 12.2 Å². The molecule has 6 fully saturated rings. The number of halogens is 4. The van der Waals surface area contributed by atoms with Crippen molar-refractivity contribution in [2.75, 3.05) is 89.2 Å². The van der Waals surface area contributed by atoms with Crippen molar-refractivity contribution in [3.63, 3.8) is 0 Å². The molecule has 2 saturated heterocycles. The summed E-state index contributed by atoms with van der Waals surface area (Å²) in [5, 5.41) is 7.61. The molecular formula is C76H122ClF3N12O13. The van der Waals surface area contributed by atoms with Crippen LogP contribution in [0.3, 0.4) is 0 Å². The summed E-state index contributed by atoms with van der Waals surface area (Å²) < 4.78 is 48.6. The van der Waals surface area contributed by atoms with Gasteiger partial charge in [-0.15, -0.1) is 11.6 Å². The fourth-order valence-corrected chi connectivity index (χ4v) is 18.1. The highest BCUT2D eigenvalue weighted by Crippen LogP contribution is 2.50. The standard InChI is InChI=1S/C76H122ClF3N12O13/c1-16-24-55-65(96)82-63(47(5)17-2)71(102)86(11)43-62(95)88(13)56-27-20-19-23-36-91(70(56)101)59(38-49-30-28-46(4)29-31-49)69(100)85(10)42-60(93)81-54(35-33-48-32-34-52(53(77)37-48)76(78,79)80)67(98)92-41-51(105-18-3)39-57(92)66(97)83-75(44-74(6,7)45-75)73(104)90(15)64(50-25-21-22-26-50)72(103)89(14)58(68(99)84(8)9)40-61(94)87(55)12/h19-20,46-59,63-64H,16-18,21-45H2,1-15H3,(H,81,93)(H,82,96)(H,83,97)/b20-19-/t46?,47-,48?,49?,51+,52?,53?,54-,55-,56-,57-,58-,59-,63-,64-/m0/s1. The number of alkyl halides is 4. The lowest BCUT2D eigenvalue weighted by atomic mass is 9.58. The molecule has 4 aliphatic carbocycles. The number of likely N-dealkylation sites (N-methyl/N-ethyl adjacent to an activating group) is 7. The predicted octanol–water partition coefficient (Wildman–Crippen LogP) is 6.52. The van der Waals surface area contributed by atoms with E-state index in [9.17, 15) is 41.9 Å². The Labute approximate surface area is 625 Å². The van der Waals surface area contributed by atoms with Gasteiger partial charge in [-0.25, -0.2) is 0 Å². The second kappa shape index (κ2) is 37.0. The molecule has 0 aromatic carbocycles. The van der Waals surface area contributed by atoms with Crippen molar-refractivity contribution in [3.05, 3.63) is 12.2 Å². The third-order valence-corrected chi connectivity index (χ3v) is 24.5. The summed E-state index contributed by atoms with van der Waals surface area (Å²) in [6.45, 7) is 12.2. The number of nitrogens with zero attached hydrogens (tertiary/aromatic N) is 9. The van der Waals surface area contributed by atoms with Crippen molar-refractivity contribution in [2.24, 2.45) is 40.9 Å². The zero-order valence-corrected chi connectivity index (χ0v) is 65.8. The van der Waals surface area contributed by atoms with E-state index < -0.39 is 191 Å². The van der Waals surface area contributed by atoms with Crippen molar-refractivity contribution in [3.8, 4) is 0 Å². The summed E-state index contributed by atoms with van der Waals surface area (Å²) in [4.78, 5) is 193. The number of ether oxygens (including phenoxy) is 1. The van der Waals surface area contributed by atoms with Crippen LogP contribution in [0.5, 0.6) is 0 Å². The number of nitrogens with one attached hydrogen (secondary N) is 3. The molecule has 29 heteroatoms. The van der Waals surface area contributed by atoms with Crippen LogP contribution in [-0.2, 0) is 62.3 Å². The quantitative estimate of drug-likeness (QED) is 0.131. The largest absolute Gasteiger partial charge is 0.393 e. The van der Waals surface area contributed by atoms with Gasteiger partial charge in [0.25, 0.3) is 0 Å². The summed E-state index contributed by atoms with van der Waals surface area (Å²) in [6.07, 6.45) is 5.23. The molecule has 25 nitrogen and oxygen atoms in total. The minimum atomic E-state index is -4.53. The van der Waals surface area contributed by atoms with E-state index in [1.54, 1.807) is 19.9 Å². The maximum Gasteiger partial charge on any atom is 0.393 e. The monoisotopic (exact) mass is 1500 g/mol. The van der Waals surface area contributed by atoms with Gasteiger partial charge in [0.2, 0.25) is 70.9 Å². The van der Waals surface area contributed by atoms with Gasteiger partial charge in [0, 0.05) is 87.9 Å². The fourth-order valence-electron chi connectivity index (χ4n) is 17.6. The minimum Gasteiger partial charge on any atom is -0.377 e. The van der Waals surface area contributed by atoms with Gasteiger partial charge in [0.05, 0.1) is 31.5 Å². The van der Waals surface area contributed by atoms with E-state index in [4.69, 9.17) is 16.3 Å². The smallest absolute Gasteiger partial charge is 0.377 e. The second-order valence-electron chi connectivity index (χ2n) is 32.8. The molecule has 0 radical (unpaired) electrons. The third kappa shape index (κ3) is 21.0. The Balaban J connectivity index is 1.32. The Morgan fingerprint density at radius 2 is 1.32 bits per heavy atom. The van der Waals surface area contributed by atoms with Gasteiger partial charge >= 0.3 is 6.18 Å². The molecule has 592 valence electrons. The van der Waals surface area contributed by atoms with Crippen LogP contribution in [0.4, 0.5) is 13.2 Å². The number of hydrogen-bond donors (Lipinski definition) is 3. The van der Waals surface area contributed by atoms with Crippen LogP contribution in [0, 0.1) is 40.9 Å². The first-order valence-corrected chi connectivity index (χ1v) is 39.0. The molecule has 2 bridgehead atoms. The molecule has 3 unspecified atom stereocenters. The zero-order chi connectivity index (χ0) is 77.9. The third-order valence-electron chi connectivity index (χ3n) is 24.0. The average Bonchev–Trinajstić information content (AvgIpc) is 1.39. The number of amides is 12. The van der Waals surface area contributed by atoms with E-state index in [2.05, 4.69) is 22.9 Å². The van der Waals surface area contributed by atoms with Crippen LogP contribution in [0.25, 0.3) is 0 Å². The highest BCUT2D eigenvalue weighted by Gasteiger charge is 2.59. The summed E-state index contributed by atoms with van der Waals surface area (Å²) in [5.74, 6) is -10.5. The molecule has 105 heavy (non-hydrogen) atoms. The van der Waals surface area contributed by atoms with Gasteiger partial charge in [0.1, 0.15) is 53.9 Å². The Morgan fingerprint density at radius 1 is 0.686 bits per heavy atom. The van der Waals surface area contributed by atoms with E-state index in [-0.39, 0.29) is 96.2 Å². The number of carbonyl (C=O) groups is 12. The van der Waals surface area contributed by atoms with Crippen molar-refractivity contribution in [2.45, 2.75) is 268 Å². The molecule has 4 saturated carbocycles. The van der Waals surface area contributed by atoms with Crippen molar-refractivity contribution >= 4 is 82.5 Å². The summed E-state index contributed by atoms with van der Waals surface area (Å²) in [6, 6.07) is -10.1. The van der Waals surface area contributed by atoms with Crippen molar-refractivity contribution in [1.82, 2.24) is 60.0 Å². The molecule has 0 aromatic heterocycles. The Hall–Kier alpha value is -6.58. The van der Waals surface area contributed by atoms with E-state index in [0.717, 1.165) is 38.5 Å². The lowest BCUT2D eigenvalue weighted by Gasteiger charge is -2.54. The van der Waals surface area contributed by atoms with Crippen molar-refractivity contribution < 1.29 is 75.4 Å². The SMILES string of the molecule is CCC[C@H]1C(=O)N[C@@H]([C@@H](C)CC)C(=O)N(C)CC(=O)N(C)[C@H]2C/C=C\CCN(C2=O)[C@@H](CC2CCC(C)CC2)C(=O)N(C)CC(=O)N[C@@H](CCC2CCC(C(F)(F)F)C(Cl)C2)C(=O)N2C[C@H](OCC)C[C@H]2C(=O)NC2(CC(C)(C)C2)C(=O)N(C)[C@@H](C2CCCC2)C(=O)N(C)[C@H](C(=O)N(C)C)CC(=O)N1C. The first-order chi connectivity index (χ1) is 49.3. The highest BCUT2D eigenvalue weighted by atomic mass is 35.5. The average molecular weight is 1500 g/mol. The zero-order valence-electron chi connectivity index (χ0n) is 65.0. The maximum atomic E-state index is 15.8. The highest BCUT2D eigenvalue weighted by molar-refractivity contribution is 6.21. The molecule has 7 aliphatic rings. The molecule has 0 aromatic rings. The topological polar surface area (TPSA) is 279 Å². The van der Waals surface area contributed by atoms with Crippen LogP contribution >= 0.6 is 11.6 Å². The van der Waals surface area contributed by atoms with Gasteiger partial charge < -0.3 is 64.8 Å². The van der Waals surface area contributed by atoms with Gasteiger partial charge in [-0.05, 0) is 125 Å². The molecule has 3 heterocycles. The Kier molecular flexibility index (Phi) is 30.2. The number of rotatable bonds is 13. The van der Waals surface area contributed by atoms with Crippen LogP contribution in [0.2, 0.25) is 0 Å². The van der Waals surface area contributed by atoms with Crippen molar-refractivity contribution in [1.29, 1.82) is 0 Å². The van der Waals surface area contributed by atoms with Crippen LogP contribution < -0.4 is 16.0 Å². The lowest BCUT2D eigenvalue weighted by molar-refractivity contribution is -0.182. The van der Waals surface area contributed by atoms with Gasteiger partial charge in [-0.1, -0.05) is 105 Å². The maximum absolute atomic E-state index is 15.8. The molecule has 13 atom stereocenters. The number of hydrogen-bond acceptors (Lipinski definition) is 13. The Bertz CT molecular complexity index is 3140. The fraction of sp³-hybridized carbons (Fsp3) is 0.816. The van der Waals surface area contributed by atoms with E-state index >= 15 is 28.8 Å². The Morgan fingerprint density at radius 3 is 1.91 bits per heavy atom. The lowest BCUT2D eigenvalue weighted by Crippen LogP contribution is -2.71. The van der Waals surface area contributed by atoms with E-state index in [1.807, 2.05) is 33.8 Å². The molecule has 12 amide bonds. The number of carbonyl (C=O) groups excluding carboxylic acids is 12. The summed E-state index contributed by atoms with van der Waals surface area (Å²) >= 11 is 6.47. The molecule has 3 N–H and O–H groups in total. The molecule has 7 rings (SSSR count).